The standard InChI is InChI=1S/C13H29N3O2S/c1-12(2)14-9-7-10-15(5)19(17,18)16-11-6-8-13(16,3)4/h12,14H,6-11H2,1-5H3. The van der Waals surface area contributed by atoms with Gasteiger partial charge < -0.3 is 5.32 Å². The van der Waals surface area contributed by atoms with Gasteiger partial charge in [0.15, 0.2) is 0 Å². The molecule has 0 saturated carbocycles. The fourth-order valence-electron chi connectivity index (χ4n) is 2.49. The Balaban J connectivity index is 2.53. The molecular weight excluding hydrogens is 262 g/mol. The largest absolute Gasteiger partial charge is 0.314 e. The average molecular weight is 291 g/mol. The second kappa shape index (κ2) is 6.52. The van der Waals surface area contributed by atoms with Gasteiger partial charge in [-0.25, -0.2) is 0 Å². The van der Waals surface area contributed by atoms with Crippen LogP contribution in [-0.2, 0) is 10.2 Å². The van der Waals surface area contributed by atoms with Crippen molar-refractivity contribution >= 4 is 10.2 Å². The number of nitrogens with zero attached hydrogens (tertiary/aromatic N) is 2. The van der Waals surface area contributed by atoms with Gasteiger partial charge in [0.1, 0.15) is 0 Å². The predicted octanol–water partition coefficient (Wildman–Crippen LogP) is 1.43. The van der Waals surface area contributed by atoms with Crippen LogP contribution in [0.15, 0.2) is 0 Å². The first-order valence-electron chi connectivity index (χ1n) is 7.15. The van der Waals surface area contributed by atoms with Gasteiger partial charge in [0, 0.05) is 31.7 Å². The molecule has 0 atom stereocenters. The van der Waals surface area contributed by atoms with Crippen molar-refractivity contribution in [2.45, 2.75) is 58.5 Å². The molecule has 1 fully saturated rings. The maximum atomic E-state index is 12.5. The van der Waals surface area contributed by atoms with Crippen LogP contribution < -0.4 is 5.32 Å². The highest BCUT2D eigenvalue weighted by Crippen LogP contribution is 2.31. The van der Waals surface area contributed by atoms with Crippen molar-refractivity contribution in [2.24, 2.45) is 0 Å². The molecular formula is C13H29N3O2S. The molecule has 0 amide bonds. The van der Waals surface area contributed by atoms with Crippen LogP contribution in [0.5, 0.6) is 0 Å². The summed E-state index contributed by atoms with van der Waals surface area (Å²) in [5.41, 5.74) is -0.247. The van der Waals surface area contributed by atoms with Gasteiger partial charge >= 0.3 is 0 Å². The molecule has 0 aromatic heterocycles. The summed E-state index contributed by atoms with van der Waals surface area (Å²) < 4.78 is 28.2. The molecule has 0 bridgehead atoms. The van der Waals surface area contributed by atoms with Crippen molar-refractivity contribution in [1.82, 2.24) is 13.9 Å². The lowest BCUT2D eigenvalue weighted by atomic mass is 10.0. The molecule has 6 heteroatoms. The van der Waals surface area contributed by atoms with Crippen molar-refractivity contribution in [3.63, 3.8) is 0 Å². The number of hydrogen-bond donors (Lipinski definition) is 1. The highest BCUT2D eigenvalue weighted by molar-refractivity contribution is 7.86. The summed E-state index contributed by atoms with van der Waals surface area (Å²) in [6.07, 6.45) is 2.73. The summed E-state index contributed by atoms with van der Waals surface area (Å²) in [6.45, 7) is 10.2. The third-order valence-corrected chi connectivity index (χ3v) is 5.90. The Hall–Kier alpha value is -0.170. The molecule has 0 spiro atoms. The zero-order valence-corrected chi connectivity index (χ0v) is 13.8. The van der Waals surface area contributed by atoms with Crippen molar-refractivity contribution in [1.29, 1.82) is 0 Å². The molecule has 19 heavy (non-hydrogen) atoms. The van der Waals surface area contributed by atoms with Crippen LogP contribution in [0, 0.1) is 0 Å². The van der Waals surface area contributed by atoms with Crippen LogP contribution in [-0.4, -0.2) is 55.3 Å². The third-order valence-electron chi connectivity index (χ3n) is 3.70. The van der Waals surface area contributed by atoms with Gasteiger partial charge in [0.2, 0.25) is 0 Å². The summed E-state index contributed by atoms with van der Waals surface area (Å²) in [6, 6.07) is 0.444. The molecule has 1 heterocycles. The van der Waals surface area contributed by atoms with Gasteiger partial charge in [-0.1, -0.05) is 13.8 Å². The summed E-state index contributed by atoms with van der Waals surface area (Å²) >= 11 is 0. The molecule has 0 unspecified atom stereocenters. The van der Waals surface area contributed by atoms with E-state index in [0.717, 1.165) is 25.8 Å². The normalized spacial score (nSPS) is 20.6. The molecule has 1 saturated heterocycles. The topological polar surface area (TPSA) is 52.7 Å². The van der Waals surface area contributed by atoms with Crippen molar-refractivity contribution in [2.75, 3.05) is 26.7 Å². The third kappa shape index (κ3) is 4.41. The fraction of sp³-hybridized carbons (Fsp3) is 1.00. The first kappa shape index (κ1) is 16.9. The summed E-state index contributed by atoms with van der Waals surface area (Å²) in [5, 5.41) is 3.30. The van der Waals surface area contributed by atoms with Crippen LogP contribution in [0.1, 0.15) is 47.0 Å². The lowest BCUT2D eigenvalue weighted by molar-refractivity contribution is 0.268. The van der Waals surface area contributed by atoms with E-state index in [1.807, 2.05) is 13.8 Å². The molecule has 0 aromatic rings. The Labute approximate surface area is 118 Å². The molecule has 1 rings (SSSR count). The highest BCUT2D eigenvalue weighted by atomic mass is 32.2. The molecule has 0 radical (unpaired) electrons. The number of rotatable bonds is 7. The lowest BCUT2D eigenvalue weighted by Crippen LogP contribution is -2.49. The van der Waals surface area contributed by atoms with Crippen LogP contribution in [0.25, 0.3) is 0 Å². The number of nitrogens with one attached hydrogen (secondary N) is 1. The Morgan fingerprint density at radius 3 is 2.47 bits per heavy atom. The van der Waals surface area contributed by atoms with Crippen molar-refractivity contribution in [3.05, 3.63) is 0 Å². The van der Waals surface area contributed by atoms with E-state index in [0.29, 0.717) is 19.1 Å². The molecule has 1 aliphatic rings. The van der Waals surface area contributed by atoms with E-state index in [2.05, 4.69) is 19.2 Å². The number of hydrogen-bond acceptors (Lipinski definition) is 3. The Morgan fingerprint density at radius 2 is 2.00 bits per heavy atom. The molecule has 1 N–H and O–H groups in total. The maximum absolute atomic E-state index is 12.5. The second-order valence-corrected chi connectivity index (χ2v) is 8.24. The zero-order valence-electron chi connectivity index (χ0n) is 12.9. The molecule has 1 aliphatic heterocycles. The molecule has 5 nitrogen and oxygen atoms in total. The van der Waals surface area contributed by atoms with E-state index in [1.54, 1.807) is 11.4 Å². The van der Waals surface area contributed by atoms with E-state index in [4.69, 9.17) is 0 Å². The van der Waals surface area contributed by atoms with E-state index < -0.39 is 10.2 Å². The van der Waals surface area contributed by atoms with Gasteiger partial charge in [0.05, 0.1) is 0 Å². The summed E-state index contributed by atoms with van der Waals surface area (Å²) in [4.78, 5) is 0. The van der Waals surface area contributed by atoms with Crippen molar-refractivity contribution < 1.29 is 8.42 Å². The predicted molar refractivity (Wildman–Crippen MR) is 79.3 cm³/mol. The van der Waals surface area contributed by atoms with Gasteiger partial charge in [0.25, 0.3) is 10.2 Å². The van der Waals surface area contributed by atoms with Crippen LogP contribution >= 0.6 is 0 Å². The monoisotopic (exact) mass is 291 g/mol. The second-order valence-electron chi connectivity index (χ2n) is 6.28. The minimum absolute atomic E-state index is 0.247. The Kier molecular flexibility index (Phi) is 5.79. The Bertz CT molecular complexity index is 379. The van der Waals surface area contributed by atoms with E-state index in [-0.39, 0.29) is 5.54 Å². The van der Waals surface area contributed by atoms with Crippen LogP contribution in [0.3, 0.4) is 0 Å². The molecule has 0 aromatic carbocycles. The first-order valence-corrected chi connectivity index (χ1v) is 8.55. The lowest BCUT2D eigenvalue weighted by Gasteiger charge is -2.33. The van der Waals surface area contributed by atoms with E-state index in [9.17, 15) is 8.42 Å². The van der Waals surface area contributed by atoms with Crippen LogP contribution in [0.2, 0.25) is 0 Å². The van der Waals surface area contributed by atoms with E-state index >= 15 is 0 Å². The van der Waals surface area contributed by atoms with Crippen molar-refractivity contribution in [3.8, 4) is 0 Å². The zero-order chi connectivity index (χ0) is 14.7. The van der Waals surface area contributed by atoms with Crippen LogP contribution in [0.4, 0.5) is 0 Å². The smallest absolute Gasteiger partial charge is 0.282 e. The van der Waals surface area contributed by atoms with Gasteiger partial charge in [-0.2, -0.15) is 17.0 Å². The Morgan fingerprint density at radius 1 is 1.37 bits per heavy atom. The fourth-order valence-corrected chi connectivity index (χ4v) is 4.26. The molecule has 114 valence electrons. The first-order chi connectivity index (χ1) is 8.68. The quantitative estimate of drug-likeness (QED) is 0.722. The summed E-state index contributed by atoms with van der Waals surface area (Å²) in [7, 11) is -1.63. The van der Waals surface area contributed by atoms with Gasteiger partial charge in [-0.05, 0) is 39.7 Å². The highest BCUT2D eigenvalue weighted by Gasteiger charge is 2.41. The van der Waals surface area contributed by atoms with E-state index in [1.165, 1.54) is 4.31 Å². The minimum Gasteiger partial charge on any atom is -0.314 e. The minimum atomic E-state index is -3.31. The summed E-state index contributed by atoms with van der Waals surface area (Å²) in [5.74, 6) is 0. The van der Waals surface area contributed by atoms with Gasteiger partial charge in [-0.3, -0.25) is 0 Å². The SMILES string of the molecule is CC(C)NCCCN(C)S(=O)(=O)N1CCCC1(C)C. The molecule has 0 aliphatic carbocycles. The maximum Gasteiger partial charge on any atom is 0.282 e. The van der Waals surface area contributed by atoms with Gasteiger partial charge in [-0.15, -0.1) is 0 Å². The average Bonchev–Trinajstić information content (AvgIpc) is 2.64.